The number of pyridine rings is 1. The van der Waals surface area contributed by atoms with Gasteiger partial charge in [-0.25, -0.2) is 4.98 Å². The van der Waals surface area contributed by atoms with Gasteiger partial charge in [0.1, 0.15) is 17.5 Å². The number of nitro groups is 1. The van der Waals surface area contributed by atoms with E-state index in [1.54, 1.807) is 24.3 Å². The molecule has 0 atom stereocenters. The number of rotatable bonds is 3. The van der Waals surface area contributed by atoms with Gasteiger partial charge in [-0.2, -0.15) is 5.26 Å². The Morgan fingerprint density at radius 1 is 1.12 bits per heavy atom. The van der Waals surface area contributed by atoms with E-state index in [4.69, 9.17) is 5.73 Å². The van der Waals surface area contributed by atoms with Crippen molar-refractivity contribution in [3.63, 3.8) is 0 Å². The van der Waals surface area contributed by atoms with Crippen LogP contribution in [0.2, 0.25) is 0 Å². The van der Waals surface area contributed by atoms with E-state index in [-0.39, 0.29) is 17.1 Å². The molecule has 0 saturated heterocycles. The fraction of sp³-hybridized carbons (Fsp3) is 0. The Morgan fingerprint density at radius 2 is 1.88 bits per heavy atom. The van der Waals surface area contributed by atoms with Crippen molar-refractivity contribution in [3.05, 3.63) is 74.7 Å². The number of nitro benzene ring substituents is 1. The van der Waals surface area contributed by atoms with Gasteiger partial charge in [-0.3, -0.25) is 10.1 Å². The maximum absolute atomic E-state index is 11.3. The lowest BCUT2D eigenvalue weighted by atomic mass is 9.98. The molecular weight excluding hydrogens is 384 g/mol. The molecule has 0 fully saturated rings. The summed E-state index contributed by atoms with van der Waals surface area (Å²) in [4.78, 5) is 15.0. The molecule has 3 rings (SSSR count). The van der Waals surface area contributed by atoms with Crippen molar-refractivity contribution in [2.24, 2.45) is 0 Å². The summed E-state index contributed by atoms with van der Waals surface area (Å²) in [7, 11) is 0. The van der Waals surface area contributed by atoms with Crippen LogP contribution in [0.4, 0.5) is 11.5 Å². The maximum Gasteiger partial charge on any atom is 0.278 e. The molecule has 2 N–H and O–H groups in total. The molecule has 1 aromatic heterocycles. The summed E-state index contributed by atoms with van der Waals surface area (Å²) >= 11 is 3.40. The monoisotopic (exact) mass is 394 g/mol. The number of nitrogens with zero attached hydrogens (tertiary/aromatic N) is 3. The highest BCUT2D eigenvalue weighted by molar-refractivity contribution is 9.10. The Balaban J connectivity index is 2.29. The van der Waals surface area contributed by atoms with Gasteiger partial charge < -0.3 is 5.73 Å². The van der Waals surface area contributed by atoms with Crippen LogP contribution in [0.25, 0.3) is 22.4 Å². The largest absolute Gasteiger partial charge is 0.383 e. The lowest BCUT2D eigenvalue weighted by molar-refractivity contribution is -0.384. The van der Waals surface area contributed by atoms with Gasteiger partial charge in [-0.05, 0) is 29.8 Å². The van der Waals surface area contributed by atoms with Crippen molar-refractivity contribution in [1.82, 2.24) is 4.98 Å². The second-order valence-electron chi connectivity index (χ2n) is 5.21. The lowest BCUT2D eigenvalue weighted by Gasteiger charge is -2.11. The molecule has 0 aliphatic rings. The molecule has 7 heteroatoms. The van der Waals surface area contributed by atoms with E-state index < -0.39 is 4.92 Å². The highest BCUT2D eigenvalue weighted by Gasteiger charge is 2.19. The van der Waals surface area contributed by atoms with E-state index in [1.165, 1.54) is 6.07 Å². The Bertz CT molecular complexity index is 1030. The summed E-state index contributed by atoms with van der Waals surface area (Å²) in [5, 5.41) is 20.7. The molecule has 0 aliphatic carbocycles. The van der Waals surface area contributed by atoms with Crippen LogP contribution < -0.4 is 5.73 Å². The molecule has 0 aliphatic heterocycles. The molecule has 0 unspecified atom stereocenters. The zero-order valence-corrected chi connectivity index (χ0v) is 14.4. The van der Waals surface area contributed by atoms with Crippen LogP contribution in [0.1, 0.15) is 5.56 Å². The molecule has 0 bridgehead atoms. The van der Waals surface area contributed by atoms with Gasteiger partial charge >= 0.3 is 0 Å². The highest BCUT2D eigenvalue weighted by Crippen LogP contribution is 2.35. The first kappa shape index (κ1) is 16.6. The second-order valence-corrected chi connectivity index (χ2v) is 6.13. The predicted octanol–water partition coefficient (Wildman–Crippen LogP) is 4.54. The number of nitrogens with two attached hydrogens (primary N) is 1. The van der Waals surface area contributed by atoms with Crippen molar-refractivity contribution in [3.8, 4) is 28.5 Å². The standard InChI is InChI=1S/C18H11BrN4O2/c19-12-5-3-4-11(8-12)14-9-16(22-18(21)15(14)10-20)13-6-1-2-7-17(13)23(24)25/h1-9H,(H2,21,22). The van der Waals surface area contributed by atoms with Crippen LogP contribution in [0.3, 0.4) is 0 Å². The summed E-state index contributed by atoms with van der Waals surface area (Å²) in [6.45, 7) is 0. The van der Waals surface area contributed by atoms with Crippen molar-refractivity contribution < 1.29 is 4.92 Å². The highest BCUT2D eigenvalue weighted by atomic mass is 79.9. The third kappa shape index (κ3) is 3.20. The minimum absolute atomic E-state index is 0.0353. The van der Waals surface area contributed by atoms with Crippen LogP contribution in [0.15, 0.2) is 59.1 Å². The van der Waals surface area contributed by atoms with Crippen LogP contribution in [-0.4, -0.2) is 9.91 Å². The summed E-state index contributed by atoms with van der Waals surface area (Å²) in [6, 6.07) is 17.4. The third-order valence-electron chi connectivity index (χ3n) is 3.67. The molecular formula is C18H11BrN4O2. The quantitative estimate of drug-likeness (QED) is 0.518. The molecule has 1 heterocycles. The van der Waals surface area contributed by atoms with Gasteiger partial charge in [-0.1, -0.05) is 40.2 Å². The van der Waals surface area contributed by atoms with E-state index in [9.17, 15) is 15.4 Å². The predicted molar refractivity (Wildman–Crippen MR) is 98.6 cm³/mol. The first-order valence-corrected chi connectivity index (χ1v) is 8.01. The molecule has 3 aromatic rings. The van der Waals surface area contributed by atoms with E-state index >= 15 is 0 Å². The molecule has 2 aromatic carbocycles. The fourth-order valence-electron chi connectivity index (χ4n) is 2.55. The number of nitrogen functional groups attached to an aromatic ring is 1. The van der Waals surface area contributed by atoms with E-state index in [0.29, 0.717) is 16.8 Å². The maximum atomic E-state index is 11.3. The summed E-state index contributed by atoms with van der Waals surface area (Å²) in [6.07, 6.45) is 0. The Morgan fingerprint density at radius 3 is 2.56 bits per heavy atom. The number of hydrogen-bond donors (Lipinski definition) is 1. The van der Waals surface area contributed by atoms with Crippen LogP contribution in [-0.2, 0) is 0 Å². The van der Waals surface area contributed by atoms with Crippen molar-refractivity contribution in [2.45, 2.75) is 0 Å². The third-order valence-corrected chi connectivity index (χ3v) is 4.16. The number of benzene rings is 2. The lowest BCUT2D eigenvalue weighted by Crippen LogP contribution is -2.01. The van der Waals surface area contributed by atoms with Crippen molar-refractivity contribution >= 4 is 27.4 Å². The zero-order chi connectivity index (χ0) is 18.0. The number of halogens is 1. The van der Waals surface area contributed by atoms with Crippen LogP contribution in [0.5, 0.6) is 0 Å². The molecule has 122 valence electrons. The van der Waals surface area contributed by atoms with Crippen molar-refractivity contribution in [2.75, 3.05) is 5.73 Å². The Labute approximate surface area is 151 Å². The first-order chi connectivity index (χ1) is 12.0. The van der Waals surface area contributed by atoms with E-state index in [0.717, 1.165) is 10.0 Å². The molecule has 0 radical (unpaired) electrons. The first-order valence-electron chi connectivity index (χ1n) is 7.21. The molecule has 25 heavy (non-hydrogen) atoms. The summed E-state index contributed by atoms with van der Waals surface area (Å²) in [5.41, 5.74) is 8.15. The number of hydrogen-bond acceptors (Lipinski definition) is 5. The minimum atomic E-state index is -0.468. The summed E-state index contributed by atoms with van der Waals surface area (Å²) < 4.78 is 0.844. The molecule has 0 spiro atoms. The fourth-order valence-corrected chi connectivity index (χ4v) is 2.95. The zero-order valence-electron chi connectivity index (χ0n) is 12.8. The molecule has 0 saturated carbocycles. The van der Waals surface area contributed by atoms with Gasteiger partial charge in [-0.15, -0.1) is 0 Å². The van der Waals surface area contributed by atoms with Gasteiger partial charge in [0, 0.05) is 16.1 Å². The van der Waals surface area contributed by atoms with Gasteiger partial charge in [0.15, 0.2) is 0 Å². The normalized spacial score (nSPS) is 10.2. The Hall–Kier alpha value is -3.24. The number of nitriles is 1. The van der Waals surface area contributed by atoms with Crippen molar-refractivity contribution in [1.29, 1.82) is 5.26 Å². The SMILES string of the molecule is N#Cc1c(-c2cccc(Br)c2)cc(-c2ccccc2[N+](=O)[O-])nc1N. The topological polar surface area (TPSA) is 106 Å². The van der Waals surface area contributed by atoms with Gasteiger partial charge in [0.05, 0.1) is 16.2 Å². The van der Waals surface area contributed by atoms with E-state index in [2.05, 4.69) is 27.0 Å². The number of para-hydroxylation sites is 1. The molecule has 6 nitrogen and oxygen atoms in total. The number of aromatic nitrogens is 1. The Kier molecular flexibility index (Phi) is 4.46. The van der Waals surface area contributed by atoms with Crippen LogP contribution in [0, 0.1) is 21.4 Å². The van der Waals surface area contributed by atoms with E-state index in [1.807, 2.05) is 24.3 Å². The van der Waals surface area contributed by atoms with Gasteiger partial charge in [0.25, 0.3) is 5.69 Å². The van der Waals surface area contributed by atoms with Gasteiger partial charge in [0.2, 0.25) is 0 Å². The second kappa shape index (κ2) is 6.71. The summed E-state index contributed by atoms with van der Waals surface area (Å²) in [5.74, 6) is 0.0353. The minimum Gasteiger partial charge on any atom is -0.383 e. The average molecular weight is 395 g/mol. The van der Waals surface area contributed by atoms with Crippen LogP contribution >= 0.6 is 15.9 Å². The molecule has 0 amide bonds. The number of anilines is 1. The average Bonchev–Trinajstić information content (AvgIpc) is 2.61. The smallest absolute Gasteiger partial charge is 0.278 e.